The summed E-state index contributed by atoms with van der Waals surface area (Å²) >= 11 is 0. The Morgan fingerprint density at radius 1 is 1.38 bits per heavy atom. The predicted octanol–water partition coefficient (Wildman–Crippen LogP) is -0.0121. The third kappa shape index (κ3) is 5.70. The second kappa shape index (κ2) is 7.22. The van der Waals surface area contributed by atoms with E-state index in [1.165, 1.54) is 11.8 Å². The Morgan fingerprint density at radius 2 is 1.94 bits per heavy atom. The van der Waals surface area contributed by atoms with Gasteiger partial charge >= 0.3 is 0 Å². The van der Waals surface area contributed by atoms with Crippen LogP contribution in [0.25, 0.3) is 0 Å². The summed E-state index contributed by atoms with van der Waals surface area (Å²) in [6.45, 7) is 5.49. The molecule has 0 aromatic heterocycles. The zero-order valence-electron chi connectivity index (χ0n) is 10.5. The van der Waals surface area contributed by atoms with Gasteiger partial charge in [0.15, 0.2) is 0 Å². The third-order valence-electron chi connectivity index (χ3n) is 2.51. The zero-order chi connectivity index (χ0) is 12.7. The molecule has 0 aromatic rings. The van der Waals surface area contributed by atoms with Gasteiger partial charge in [-0.3, -0.25) is 9.59 Å². The fraction of sp³-hybridized carbons (Fsp3) is 0.818. The van der Waals surface area contributed by atoms with E-state index in [1.54, 1.807) is 7.05 Å². The minimum atomic E-state index is -0.190. The first kappa shape index (κ1) is 14.9. The number of hydrogen-bond acceptors (Lipinski definition) is 3. The zero-order valence-corrected chi connectivity index (χ0v) is 10.5. The first-order valence-corrected chi connectivity index (χ1v) is 5.50. The first-order valence-electron chi connectivity index (χ1n) is 5.50. The molecule has 0 heterocycles. The molecule has 0 rings (SSSR count). The van der Waals surface area contributed by atoms with E-state index < -0.39 is 0 Å². The van der Waals surface area contributed by atoms with E-state index in [9.17, 15) is 9.59 Å². The molecule has 1 unspecified atom stereocenters. The average Bonchev–Trinajstić information content (AvgIpc) is 2.16. The summed E-state index contributed by atoms with van der Waals surface area (Å²) < 4.78 is 0. The van der Waals surface area contributed by atoms with Crippen molar-refractivity contribution in [3.8, 4) is 0 Å². The number of carbonyl (C=O) groups excluding carboxylic acids is 2. The number of amides is 2. The van der Waals surface area contributed by atoms with E-state index in [4.69, 9.17) is 5.11 Å². The van der Waals surface area contributed by atoms with Gasteiger partial charge in [0.2, 0.25) is 11.8 Å². The highest BCUT2D eigenvalue weighted by Gasteiger charge is 2.17. The van der Waals surface area contributed by atoms with Crippen LogP contribution < -0.4 is 5.32 Å². The molecular formula is C11H22N2O3. The molecule has 94 valence electrons. The fourth-order valence-corrected chi connectivity index (χ4v) is 1.29. The molecule has 0 saturated heterocycles. The van der Waals surface area contributed by atoms with Crippen molar-refractivity contribution in [2.75, 3.05) is 20.2 Å². The third-order valence-corrected chi connectivity index (χ3v) is 2.51. The van der Waals surface area contributed by atoms with Crippen molar-refractivity contribution in [1.82, 2.24) is 10.2 Å². The molecule has 0 radical (unpaired) electrons. The first-order chi connectivity index (χ1) is 7.38. The monoisotopic (exact) mass is 230 g/mol. The Labute approximate surface area is 96.8 Å². The molecule has 5 heteroatoms. The molecule has 0 aliphatic rings. The van der Waals surface area contributed by atoms with Crippen LogP contribution in [0.2, 0.25) is 0 Å². The molecule has 2 N–H and O–H groups in total. The topological polar surface area (TPSA) is 69.6 Å². The molecule has 5 nitrogen and oxygen atoms in total. The molecule has 2 amide bonds. The average molecular weight is 230 g/mol. The Hall–Kier alpha value is -1.10. The smallest absolute Gasteiger partial charge is 0.239 e. The minimum Gasteiger partial charge on any atom is -0.396 e. The van der Waals surface area contributed by atoms with Gasteiger partial charge in [-0.1, -0.05) is 13.8 Å². The summed E-state index contributed by atoms with van der Waals surface area (Å²) in [5.74, 6) is -0.0676. The van der Waals surface area contributed by atoms with Crippen molar-refractivity contribution in [1.29, 1.82) is 0 Å². The highest BCUT2D eigenvalue weighted by Crippen LogP contribution is 2.05. The van der Waals surface area contributed by atoms with Crippen molar-refractivity contribution < 1.29 is 14.7 Å². The largest absolute Gasteiger partial charge is 0.396 e. The van der Waals surface area contributed by atoms with Crippen LogP contribution in [0.1, 0.15) is 27.2 Å². The predicted molar refractivity (Wildman–Crippen MR) is 61.8 cm³/mol. The summed E-state index contributed by atoms with van der Waals surface area (Å²) in [7, 11) is 1.58. The summed E-state index contributed by atoms with van der Waals surface area (Å²) in [4.78, 5) is 23.8. The van der Waals surface area contributed by atoms with Crippen molar-refractivity contribution in [2.45, 2.75) is 33.2 Å². The second-order valence-corrected chi connectivity index (χ2v) is 4.31. The van der Waals surface area contributed by atoms with Crippen LogP contribution in [0.15, 0.2) is 0 Å². The molecule has 0 fully saturated rings. The van der Waals surface area contributed by atoms with Crippen molar-refractivity contribution in [2.24, 2.45) is 5.92 Å². The highest BCUT2D eigenvalue weighted by atomic mass is 16.3. The van der Waals surface area contributed by atoms with E-state index in [0.717, 1.165) is 0 Å². The molecule has 0 aliphatic carbocycles. The van der Waals surface area contributed by atoms with Gasteiger partial charge < -0.3 is 15.3 Å². The summed E-state index contributed by atoms with van der Waals surface area (Å²) in [5, 5.41) is 11.7. The molecule has 0 bridgehead atoms. The van der Waals surface area contributed by atoms with Crippen molar-refractivity contribution >= 4 is 11.8 Å². The molecular weight excluding hydrogens is 208 g/mol. The number of aliphatic hydroxyl groups excluding tert-OH is 1. The van der Waals surface area contributed by atoms with Gasteiger partial charge in [-0.15, -0.1) is 0 Å². The number of rotatable bonds is 6. The number of nitrogens with one attached hydrogen (secondary N) is 1. The standard InChI is InChI=1S/C11H22N2O3/c1-8(2)10(5-6-14)12-11(16)7-13(4)9(3)15/h8,10,14H,5-7H2,1-4H3,(H,12,16). The van der Waals surface area contributed by atoms with Crippen LogP contribution in [0.5, 0.6) is 0 Å². The van der Waals surface area contributed by atoms with Gasteiger partial charge in [0, 0.05) is 26.6 Å². The Morgan fingerprint density at radius 3 is 2.31 bits per heavy atom. The molecule has 16 heavy (non-hydrogen) atoms. The lowest BCUT2D eigenvalue weighted by Crippen LogP contribution is -2.44. The molecule has 1 atom stereocenters. The van der Waals surface area contributed by atoms with Crippen LogP contribution in [0, 0.1) is 5.92 Å². The van der Waals surface area contributed by atoms with Gasteiger partial charge in [-0.05, 0) is 12.3 Å². The van der Waals surface area contributed by atoms with Crippen molar-refractivity contribution in [3.05, 3.63) is 0 Å². The van der Waals surface area contributed by atoms with E-state index in [1.807, 2.05) is 13.8 Å². The van der Waals surface area contributed by atoms with Gasteiger partial charge in [-0.25, -0.2) is 0 Å². The fourth-order valence-electron chi connectivity index (χ4n) is 1.29. The summed E-state index contributed by atoms with van der Waals surface area (Å²) in [6.07, 6.45) is 0.535. The second-order valence-electron chi connectivity index (χ2n) is 4.31. The summed E-state index contributed by atoms with van der Waals surface area (Å²) in [5.41, 5.74) is 0. The van der Waals surface area contributed by atoms with E-state index in [0.29, 0.717) is 6.42 Å². The van der Waals surface area contributed by atoms with Gasteiger partial charge in [0.1, 0.15) is 0 Å². The Bertz CT molecular complexity index is 241. The Kier molecular flexibility index (Phi) is 6.72. The number of aliphatic hydroxyl groups is 1. The van der Waals surface area contributed by atoms with E-state index >= 15 is 0 Å². The minimum absolute atomic E-state index is 0.0436. The van der Waals surface area contributed by atoms with E-state index in [2.05, 4.69) is 5.32 Å². The van der Waals surface area contributed by atoms with Crippen LogP contribution >= 0.6 is 0 Å². The lowest BCUT2D eigenvalue weighted by Gasteiger charge is -2.23. The van der Waals surface area contributed by atoms with Gasteiger partial charge in [-0.2, -0.15) is 0 Å². The number of carbonyl (C=O) groups is 2. The van der Waals surface area contributed by atoms with Gasteiger partial charge in [0.05, 0.1) is 6.54 Å². The van der Waals surface area contributed by atoms with Crippen LogP contribution in [-0.4, -0.2) is 48.1 Å². The molecule has 0 aliphatic heterocycles. The SMILES string of the molecule is CC(=O)N(C)CC(=O)NC(CCO)C(C)C. The van der Waals surface area contributed by atoms with Crippen LogP contribution in [-0.2, 0) is 9.59 Å². The maximum atomic E-state index is 11.6. The number of hydrogen-bond donors (Lipinski definition) is 2. The molecule has 0 spiro atoms. The number of nitrogens with zero attached hydrogens (tertiary/aromatic N) is 1. The maximum Gasteiger partial charge on any atom is 0.239 e. The highest BCUT2D eigenvalue weighted by molar-refractivity contribution is 5.83. The maximum absolute atomic E-state index is 11.6. The van der Waals surface area contributed by atoms with Crippen LogP contribution in [0.4, 0.5) is 0 Å². The number of likely N-dealkylation sites (N-methyl/N-ethyl adjacent to an activating group) is 1. The lowest BCUT2D eigenvalue weighted by molar-refractivity contribution is -0.133. The lowest BCUT2D eigenvalue weighted by atomic mass is 10.0. The Balaban J connectivity index is 4.14. The van der Waals surface area contributed by atoms with Crippen LogP contribution in [0.3, 0.4) is 0 Å². The van der Waals surface area contributed by atoms with E-state index in [-0.39, 0.29) is 36.9 Å². The molecule has 0 aromatic carbocycles. The quantitative estimate of drug-likeness (QED) is 0.674. The molecule has 0 saturated carbocycles. The normalized spacial score (nSPS) is 12.4. The van der Waals surface area contributed by atoms with Crippen molar-refractivity contribution in [3.63, 3.8) is 0 Å². The summed E-state index contributed by atoms with van der Waals surface area (Å²) in [6, 6.07) is -0.0436. The van der Waals surface area contributed by atoms with Gasteiger partial charge in [0.25, 0.3) is 0 Å².